The molecule has 1 aromatic heterocycles. The number of halogens is 1. The van der Waals surface area contributed by atoms with Crippen LogP contribution in [0.3, 0.4) is 0 Å². The van der Waals surface area contributed by atoms with Gasteiger partial charge in [0.15, 0.2) is 11.6 Å². The van der Waals surface area contributed by atoms with E-state index in [0.717, 1.165) is 35.6 Å². The van der Waals surface area contributed by atoms with Gasteiger partial charge in [0.1, 0.15) is 10.2 Å². The van der Waals surface area contributed by atoms with Crippen molar-refractivity contribution < 1.29 is 14.3 Å². The summed E-state index contributed by atoms with van der Waals surface area (Å²) in [5.74, 6) is 1.52. The fraction of sp³-hybridized carbons (Fsp3) is 0.625. The number of piperidine rings is 1. The molecule has 1 N–H and O–H groups in total. The van der Waals surface area contributed by atoms with Gasteiger partial charge in [0.2, 0.25) is 0 Å². The van der Waals surface area contributed by atoms with E-state index in [4.69, 9.17) is 9.47 Å². The van der Waals surface area contributed by atoms with Crippen molar-refractivity contribution in [1.82, 2.24) is 10.3 Å². The highest BCUT2D eigenvalue weighted by molar-refractivity contribution is 9.10. The van der Waals surface area contributed by atoms with E-state index in [1.54, 1.807) is 7.11 Å². The molecule has 0 radical (unpaired) electrons. The molecule has 0 saturated carbocycles. The zero-order valence-corrected chi connectivity index (χ0v) is 15.6. The molecule has 1 amide bonds. The predicted molar refractivity (Wildman–Crippen MR) is 93.1 cm³/mol. The first-order valence-corrected chi connectivity index (χ1v) is 8.53. The van der Waals surface area contributed by atoms with Crippen LogP contribution in [0.1, 0.15) is 33.6 Å². The zero-order chi connectivity index (χ0) is 17.0. The normalized spacial score (nSPS) is 18.5. The van der Waals surface area contributed by atoms with Gasteiger partial charge in [0, 0.05) is 19.1 Å². The minimum absolute atomic E-state index is 0.0316. The Kier molecular flexibility index (Phi) is 5.73. The van der Waals surface area contributed by atoms with Crippen LogP contribution in [0.25, 0.3) is 0 Å². The molecule has 1 unspecified atom stereocenters. The van der Waals surface area contributed by atoms with Gasteiger partial charge in [-0.05, 0) is 61.7 Å². The lowest BCUT2D eigenvalue weighted by Crippen LogP contribution is -2.49. The summed E-state index contributed by atoms with van der Waals surface area (Å²) in [6, 6.07) is 3.77. The Morgan fingerprint density at radius 2 is 2.17 bits per heavy atom. The van der Waals surface area contributed by atoms with Crippen LogP contribution in [0.5, 0.6) is 5.75 Å². The van der Waals surface area contributed by atoms with Gasteiger partial charge >= 0.3 is 6.09 Å². The number of pyridine rings is 1. The number of carbonyl (C=O) groups is 1. The molecule has 1 saturated heterocycles. The number of rotatable bonds is 3. The van der Waals surface area contributed by atoms with Gasteiger partial charge in [0.05, 0.1) is 7.11 Å². The summed E-state index contributed by atoms with van der Waals surface area (Å²) in [6.07, 6.45) is 1.52. The van der Waals surface area contributed by atoms with Crippen molar-refractivity contribution in [2.45, 2.75) is 45.3 Å². The van der Waals surface area contributed by atoms with E-state index < -0.39 is 5.60 Å². The lowest BCUT2D eigenvalue weighted by molar-refractivity contribution is 0.0500. The summed E-state index contributed by atoms with van der Waals surface area (Å²) < 4.78 is 11.5. The van der Waals surface area contributed by atoms with Crippen molar-refractivity contribution in [3.8, 4) is 5.75 Å². The molecule has 1 atom stereocenters. The van der Waals surface area contributed by atoms with E-state index in [9.17, 15) is 4.79 Å². The Morgan fingerprint density at radius 3 is 2.83 bits per heavy atom. The third-order valence-corrected chi connectivity index (χ3v) is 3.91. The molecule has 0 aromatic carbocycles. The Bertz CT molecular complexity index is 560. The van der Waals surface area contributed by atoms with Gasteiger partial charge in [-0.1, -0.05) is 0 Å². The Labute approximate surface area is 145 Å². The second kappa shape index (κ2) is 7.38. The molecule has 7 heteroatoms. The van der Waals surface area contributed by atoms with Crippen molar-refractivity contribution >= 4 is 27.8 Å². The lowest BCUT2D eigenvalue weighted by Gasteiger charge is -2.34. The number of alkyl carbamates (subject to hydrolysis) is 1. The largest absolute Gasteiger partial charge is 0.493 e. The maximum atomic E-state index is 11.9. The number of amides is 1. The lowest BCUT2D eigenvalue weighted by atomic mass is 10.1. The maximum absolute atomic E-state index is 11.9. The molecule has 0 spiro atoms. The quantitative estimate of drug-likeness (QED) is 0.808. The minimum Gasteiger partial charge on any atom is -0.493 e. The molecule has 0 aliphatic carbocycles. The average Bonchev–Trinajstić information content (AvgIpc) is 2.45. The fourth-order valence-corrected chi connectivity index (χ4v) is 2.86. The number of nitrogens with one attached hydrogen (secondary N) is 1. The molecule has 2 rings (SSSR count). The molecule has 1 aromatic rings. The number of aromatic nitrogens is 1. The van der Waals surface area contributed by atoms with E-state index >= 15 is 0 Å². The van der Waals surface area contributed by atoms with Gasteiger partial charge in [-0.25, -0.2) is 9.78 Å². The summed E-state index contributed by atoms with van der Waals surface area (Å²) in [6.45, 7) is 7.13. The highest BCUT2D eigenvalue weighted by atomic mass is 79.9. The second-order valence-electron chi connectivity index (χ2n) is 6.59. The molecule has 6 nitrogen and oxygen atoms in total. The van der Waals surface area contributed by atoms with Crippen LogP contribution in [0.15, 0.2) is 16.7 Å². The van der Waals surface area contributed by atoms with Crippen molar-refractivity contribution in [3.63, 3.8) is 0 Å². The Morgan fingerprint density at radius 1 is 1.43 bits per heavy atom. The molecule has 128 valence electrons. The first kappa shape index (κ1) is 17.8. The predicted octanol–water partition coefficient (Wildman–Crippen LogP) is 3.35. The molecule has 1 fully saturated rings. The number of methoxy groups -OCH3 is 1. The molecule has 23 heavy (non-hydrogen) atoms. The van der Waals surface area contributed by atoms with Crippen LogP contribution in [0, 0.1) is 0 Å². The van der Waals surface area contributed by atoms with Crippen molar-refractivity contribution in [3.05, 3.63) is 16.7 Å². The summed E-state index contributed by atoms with van der Waals surface area (Å²) >= 11 is 3.40. The van der Waals surface area contributed by atoms with Crippen LogP contribution < -0.4 is 15.0 Å². The minimum atomic E-state index is -0.493. The molecular formula is C16H24BrN3O3. The van der Waals surface area contributed by atoms with Crippen LogP contribution in [-0.4, -0.2) is 42.9 Å². The smallest absolute Gasteiger partial charge is 0.407 e. The molecule has 0 bridgehead atoms. The van der Waals surface area contributed by atoms with E-state index in [0.29, 0.717) is 6.54 Å². The third-order valence-electron chi connectivity index (χ3n) is 3.47. The van der Waals surface area contributed by atoms with Gasteiger partial charge in [-0.3, -0.25) is 0 Å². The zero-order valence-electron chi connectivity index (χ0n) is 14.1. The second-order valence-corrected chi connectivity index (χ2v) is 7.40. The number of carbonyl (C=O) groups excluding carboxylic acids is 1. The first-order chi connectivity index (χ1) is 10.8. The summed E-state index contributed by atoms with van der Waals surface area (Å²) in [5, 5.41) is 2.94. The van der Waals surface area contributed by atoms with E-state index in [-0.39, 0.29) is 12.1 Å². The van der Waals surface area contributed by atoms with Crippen LogP contribution in [0.4, 0.5) is 10.6 Å². The number of anilines is 1. The molecule has 1 aliphatic heterocycles. The Hall–Kier alpha value is -1.50. The first-order valence-electron chi connectivity index (χ1n) is 7.73. The molecule has 1 aliphatic rings. The van der Waals surface area contributed by atoms with E-state index in [2.05, 4.69) is 31.1 Å². The highest BCUT2D eigenvalue weighted by Gasteiger charge is 2.26. The number of hydrogen-bond donors (Lipinski definition) is 1. The van der Waals surface area contributed by atoms with Crippen molar-refractivity contribution in [1.29, 1.82) is 0 Å². The Balaban J connectivity index is 2.04. The summed E-state index contributed by atoms with van der Waals surface area (Å²) in [5.41, 5.74) is -0.493. The standard InChI is InChI=1S/C16H24BrN3O3/c1-16(2,3)23-15(21)18-11-6-5-9-20(10-11)14-12(22-4)7-8-13(17)19-14/h7-8,11H,5-6,9-10H2,1-4H3,(H,18,21). The monoisotopic (exact) mass is 385 g/mol. The van der Waals surface area contributed by atoms with Crippen LogP contribution >= 0.6 is 15.9 Å². The van der Waals surface area contributed by atoms with Gasteiger partial charge in [0.25, 0.3) is 0 Å². The summed E-state index contributed by atoms with van der Waals surface area (Å²) in [4.78, 5) is 18.6. The van der Waals surface area contributed by atoms with Crippen molar-refractivity contribution in [2.75, 3.05) is 25.1 Å². The number of ether oxygens (including phenoxy) is 2. The van der Waals surface area contributed by atoms with Gasteiger partial charge in [-0.15, -0.1) is 0 Å². The maximum Gasteiger partial charge on any atom is 0.407 e. The summed E-state index contributed by atoms with van der Waals surface area (Å²) in [7, 11) is 1.63. The van der Waals surface area contributed by atoms with Crippen LogP contribution in [0.2, 0.25) is 0 Å². The molecule has 2 heterocycles. The third kappa shape index (κ3) is 5.27. The number of nitrogens with zero attached hydrogens (tertiary/aromatic N) is 2. The molecular weight excluding hydrogens is 362 g/mol. The fourth-order valence-electron chi connectivity index (χ4n) is 2.56. The topological polar surface area (TPSA) is 63.7 Å². The SMILES string of the molecule is COc1ccc(Br)nc1N1CCCC(NC(=O)OC(C)(C)C)C1. The highest BCUT2D eigenvalue weighted by Crippen LogP contribution is 2.30. The van der Waals surface area contributed by atoms with Crippen molar-refractivity contribution in [2.24, 2.45) is 0 Å². The number of hydrogen-bond acceptors (Lipinski definition) is 5. The van der Waals surface area contributed by atoms with E-state index in [1.807, 2.05) is 32.9 Å². The van der Waals surface area contributed by atoms with Gasteiger partial charge < -0.3 is 19.7 Å². The van der Waals surface area contributed by atoms with Gasteiger partial charge in [-0.2, -0.15) is 0 Å². The average molecular weight is 386 g/mol. The van der Waals surface area contributed by atoms with E-state index in [1.165, 1.54) is 0 Å². The van der Waals surface area contributed by atoms with Crippen LogP contribution in [-0.2, 0) is 4.74 Å².